The van der Waals surface area contributed by atoms with Crippen molar-refractivity contribution in [3.8, 4) is 0 Å². The zero-order valence-corrected chi connectivity index (χ0v) is 12.3. The van der Waals surface area contributed by atoms with Crippen LogP contribution in [0.3, 0.4) is 0 Å². The Morgan fingerprint density at radius 2 is 1.91 bits per heavy atom. The van der Waals surface area contributed by atoms with Crippen LogP contribution in [0.2, 0.25) is 0 Å². The average molecular weight is 298 g/mol. The number of aromatic nitrogens is 1. The molecule has 5 heteroatoms. The van der Waals surface area contributed by atoms with Crippen LogP contribution in [-0.4, -0.2) is 47.9 Å². The summed E-state index contributed by atoms with van der Waals surface area (Å²) in [6.07, 6.45) is 3.25. The number of hydrogen-bond acceptors (Lipinski definition) is 4. The Morgan fingerprint density at radius 3 is 2.68 bits per heavy atom. The number of amides is 1. The number of likely N-dealkylation sites (tertiary alicyclic amines) is 1. The van der Waals surface area contributed by atoms with Crippen molar-refractivity contribution in [3.05, 3.63) is 42.1 Å². The lowest BCUT2D eigenvalue weighted by Gasteiger charge is -2.37. The zero-order valence-electron chi connectivity index (χ0n) is 12.3. The fourth-order valence-corrected chi connectivity index (χ4v) is 3.23. The summed E-state index contributed by atoms with van der Waals surface area (Å²) in [5.74, 6) is -0.372. The van der Waals surface area contributed by atoms with E-state index in [0.717, 1.165) is 23.7 Å². The van der Waals surface area contributed by atoms with E-state index in [1.54, 1.807) is 6.20 Å². The largest absolute Gasteiger partial charge is 0.347 e. The highest BCUT2D eigenvalue weighted by molar-refractivity contribution is 5.98. The van der Waals surface area contributed by atoms with Crippen LogP contribution >= 0.6 is 0 Å². The van der Waals surface area contributed by atoms with Crippen LogP contribution in [0.25, 0.3) is 10.9 Å². The first-order chi connectivity index (χ1) is 10.8. The van der Waals surface area contributed by atoms with Gasteiger partial charge in [0.05, 0.1) is 18.7 Å². The van der Waals surface area contributed by atoms with Gasteiger partial charge >= 0.3 is 0 Å². The van der Waals surface area contributed by atoms with Crippen molar-refractivity contribution in [1.29, 1.82) is 0 Å². The van der Waals surface area contributed by atoms with Gasteiger partial charge in [0.2, 0.25) is 0 Å². The molecule has 0 aliphatic carbocycles. The lowest BCUT2D eigenvalue weighted by molar-refractivity contribution is -0.181. The Hall–Kier alpha value is -1.98. The third-order valence-electron chi connectivity index (χ3n) is 4.48. The Labute approximate surface area is 128 Å². The zero-order chi connectivity index (χ0) is 15.0. The van der Waals surface area contributed by atoms with Gasteiger partial charge < -0.3 is 14.4 Å². The molecule has 2 aliphatic rings. The van der Waals surface area contributed by atoms with Gasteiger partial charge in [-0.1, -0.05) is 6.07 Å². The molecule has 2 aromatic rings. The molecule has 1 aromatic carbocycles. The van der Waals surface area contributed by atoms with E-state index < -0.39 is 5.79 Å². The Kier molecular flexibility index (Phi) is 3.32. The van der Waals surface area contributed by atoms with Crippen molar-refractivity contribution < 1.29 is 14.3 Å². The quantitative estimate of drug-likeness (QED) is 0.810. The van der Waals surface area contributed by atoms with Gasteiger partial charge in [0.25, 0.3) is 5.91 Å². The number of nitrogens with zero attached hydrogens (tertiary/aromatic N) is 2. The molecule has 1 aromatic heterocycles. The van der Waals surface area contributed by atoms with Crippen molar-refractivity contribution in [1.82, 2.24) is 9.88 Å². The van der Waals surface area contributed by atoms with E-state index in [1.807, 2.05) is 35.2 Å². The lowest BCUT2D eigenvalue weighted by atomic mass is 10.0. The molecule has 5 nitrogen and oxygen atoms in total. The van der Waals surface area contributed by atoms with Crippen molar-refractivity contribution in [3.63, 3.8) is 0 Å². The highest BCUT2D eigenvalue weighted by Crippen LogP contribution is 2.31. The molecule has 2 fully saturated rings. The number of carbonyl (C=O) groups excluding carboxylic acids is 1. The van der Waals surface area contributed by atoms with Crippen LogP contribution in [0.5, 0.6) is 0 Å². The molecule has 4 rings (SSSR count). The molecule has 0 atom stereocenters. The van der Waals surface area contributed by atoms with Crippen molar-refractivity contribution in [2.45, 2.75) is 18.6 Å². The Bertz CT molecular complexity index is 700. The second-order valence-corrected chi connectivity index (χ2v) is 5.81. The summed E-state index contributed by atoms with van der Waals surface area (Å²) in [7, 11) is 0. The highest BCUT2D eigenvalue weighted by atomic mass is 16.7. The molecule has 3 heterocycles. The number of carbonyl (C=O) groups is 1. The maximum Gasteiger partial charge on any atom is 0.253 e. The number of benzene rings is 1. The van der Waals surface area contributed by atoms with E-state index in [4.69, 9.17) is 9.47 Å². The number of pyridine rings is 1. The number of ether oxygens (including phenoxy) is 2. The molecule has 2 aliphatic heterocycles. The summed E-state index contributed by atoms with van der Waals surface area (Å²) >= 11 is 0. The summed E-state index contributed by atoms with van der Waals surface area (Å²) < 4.78 is 11.4. The van der Waals surface area contributed by atoms with Crippen LogP contribution < -0.4 is 0 Å². The molecule has 1 spiro atoms. The summed E-state index contributed by atoms with van der Waals surface area (Å²) in [6, 6.07) is 9.53. The molecule has 2 saturated heterocycles. The fourth-order valence-electron chi connectivity index (χ4n) is 3.23. The predicted octanol–water partition coefficient (Wildman–Crippen LogP) is 2.21. The number of hydrogen-bond donors (Lipinski definition) is 0. The molecule has 114 valence electrons. The van der Waals surface area contributed by atoms with Crippen LogP contribution in [0, 0.1) is 0 Å². The van der Waals surface area contributed by atoms with Crippen LogP contribution in [0.15, 0.2) is 36.5 Å². The van der Waals surface area contributed by atoms with Gasteiger partial charge in [-0.15, -0.1) is 0 Å². The second-order valence-electron chi connectivity index (χ2n) is 5.81. The summed E-state index contributed by atoms with van der Waals surface area (Å²) in [6.45, 7) is 2.66. The standard InChI is InChI=1S/C17H18N2O3/c20-16(14-3-4-15-13(12-14)2-1-7-18-15)19-8-5-17(6-9-19)21-10-11-22-17/h1-4,7,12H,5-6,8-11H2. The third kappa shape index (κ3) is 2.36. The Balaban J connectivity index is 1.51. The van der Waals surface area contributed by atoms with Gasteiger partial charge in [-0.3, -0.25) is 9.78 Å². The highest BCUT2D eigenvalue weighted by Gasteiger charge is 2.40. The molecule has 22 heavy (non-hydrogen) atoms. The molecule has 1 amide bonds. The maximum atomic E-state index is 12.7. The normalized spacial score (nSPS) is 20.6. The van der Waals surface area contributed by atoms with Gasteiger partial charge in [-0.05, 0) is 24.3 Å². The van der Waals surface area contributed by atoms with Crippen LogP contribution in [0.4, 0.5) is 0 Å². The second kappa shape index (κ2) is 5.34. The Morgan fingerprint density at radius 1 is 1.14 bits per heavy atom. The maximum absolute atomic E-state index is 12.7. The number of rotatable bonds is 1. The average Bonchev–Trinajstić information content (AvgIpc) is 3.02. The van der Waals surface area contributed by atoms with E-state index in [0.29, 0.717) is 31.9 Å². The van der Waals surface area contributed by atoms with Crippen molar-refractivity contribution in [2.75, 3.05) is 26.3 Å². The topological polar surface area (TPSA) is 51.7 Å². The minimum Gasteiger partial charge on any atom is -0.347 e. The molecule has 0 bridgehead atoms. The van der Waals surface area contributed by atoms with Gasteiger partial charge in [0.15, 0.2) is 5.79 Å². The fraction of sp³-hybridized carbons (Fsp3) is 0.412. The molecular formula is C17H18N2O3. The molecular weight excluding hydrogens is 280 g/mol. The minimum absolute atomic E-state index is 0.0681. The smallest absolute Gasteiger partial charge is 0.253 e. The van der Waals surface area contributed by atoms with Gasteiger partial charge in [-0.25, -0.2) is 0 Å². The lowest BCUT2D eigenvalue weighted by Crippen LogP contribution is -2.47. The van der Waals surface area contributed by atoms with Gasteiger partial charge in [-0.2, -0.15) is 0 Å². The minimum atomic E-state index is -0.440. The van der Waals surface area contributed by atoms with E-state index in [2.05, 4.69) is 4.98 Å². The predicted molar refractivity (Wildman–Crippen MR) is 81.5 cm³/mol. The van der Waals surface area contributed by atoms with Crippen LogP contribution in [0.1, 0.15) is 23.2 Å². The number of piperidine rings is 1. The first-order valence-electron chi connectivity index (χ1n) is 7.68. The van der Waals surface area contributed by atoms with E-state index in [-0.39, 0.29) is 5.91 Å². The third-order valence-corrected chi connectivity index (χ3v) is 4.48. The number of fused-ring (bicyclic) bond motifs is 1. The van der Waals surface area contributed by atoms with Gasteiger partial charge in [0, 0.05) is 43.1 Å². The van der Waals surface area contributed by atoms with Crippen LogP contribution in [-0.2, 0) is 9.47 Å². The molecule has 0 N–H and O–H groups in total. The van der Waals surface area contributed by atoms with E-state index in [1.165, 1.54) is 0 Å². The van der Waals surface area contributed by atoms with E-state index >= 15 is 0 Å². The molecule has 0 radical (unpaired) electrons. The molecule has 0 unspecified atom stereocenters. The first-order valence-corrected chi connectivity index (χ1v) is 7.68. The van der Waals surface area contributed by atoms with Crippen molar-refractivity contribution >= 4 is 16.8 Å². The summed E-state index contributed by atoms with van der Waals surface area (Å²) in [5.41, 5.74) is 1.62. The summed E-state index contributed by atoms with van der Waals surface area (Å²) in [4.78, 5) is 18.8. The first kappa shape index (κ1) is 13.7. The monoisotopic (exact) mass is 298 g/mol. The SMILES string of the molecule is O=C(c1ccc2ncccc2c1)N1CCC2(CC1)OCCO2. The van der Waals surface area contributed by atoms with Gasteiger partial charge in [0.1, 0.15) is 0 Å². The van der Waals surface area contributed by atoms with E-state index in [9.17, 15) is 4.79 Å². The molecule has 0 saturated carbocycles. The summed E-state index contributed by atoms with van der Waals surface area (Å²) in [5, 5.41) is 0.990. The van der Waals surface area contributed by atoms with Crippen molar-refractivity contribution in [2.24, 2.45) is 0 Å².